The Kier molecular flexibility index (Phi) is 4.36. The van der Waals surface area contributed by atoms with Crippen molar-refractivity contribution in [3.63, 3.8) is 0 Å². The third-order valence-electron chi connectivity index (χ3n) is 5.22. The van der Waals surface area contributed by atoms with E-state index in [4.69, 9.17) is 0 Å². The summed E-state index contributed by atoms with van der Waals surface area (Å²) in [6, 6.07) is 6.58. The molecule has 0 unspecified atom stereocenters. The van der Waals surface area contributed by atoms with Crippen LogP contribution in [0.2, 0.25) is 0 Å². The summed E-state index contributed by atoms with van der Waals surface area (Å²) in [7, 11) is 0. The molecule has 0 saturated carbocycles. The number of benzene rings is 1. The van der Waals surface area contributed by atoms with Gasteiger partial charge in [-0.2, -0.15) is 5.10 Å². The molecule has 6 nitrogen and oxygen atoms in total. The molecule has 3 heterocycles. The fraction of sp³-hybridized carbons (Fsp3) is 0.421. The van der Waals surface area contributed by atoms with Crippen molar-refractivity contribution in [2.75, 3.05) is 19.6 Å². The van der Waals surface area contributed by atoms with E-state index in [0.717, 1.165) is 48.8 Å². The van der Waals surface area contributed by atoms with E-state index in [0.29, 0.717) is 12.6 Å². The number of aromatic nitrogens is 4. The molecule has 0 amide bonds. The van der Waals surface area contributed by atoms with E-state index < -0.39 is 0 Å². The van der Waals surface area contributed by atoms with Gasteiger partial charge in [0.1, 0.15) is 12.7 Å². The van der Waals surface area contributed by atoms with Crippen LogP contribution in [-0.4, -0.2) is 50.1 Å². The molecule has 1 fully saturated rings. The van der Waals surface area contributed by atoms with Crippen LogP contribution in [0.15, 0.2) is 37.1 Å². The van der Waals surface area contributed by atoms with Crippen molar-refractivity contribution in [2.24, 2.45) is 0 Å². The molecule has 1 saturated heterocycles. The molecule has 0 spiro atoms. The number of Topliss-reactive ketones (excluding diaryl/α,β-unsaturated/α-hetero) is 1. The normalized spacial score (nSPS) is 16.5. The molecule has 0 atom stereocenters. The SMILES string of the molecule is CCc1cccc2c(C(=O)CN3CCC(n4cncn4)CC3)c[nH]c12. The van der Waals surface area contributed by atoms with Gasteiger partial charge >= 0.3 is 0 Å². The van der Waals surface area contributed by atoms with Crippen molar-refractivity contribution in [3.05, 3.63) is 48.2 Å². The minimum Gasteiger partial charge on any atom is -0.360 e. The average Bonchev–Trinajstić information content (AvgIpc) is 3.31. The molecule has 0 radical (unpaired) electrons. The van der Waals surface area contributed by atoms with E-state index in [2.05, 4.69) is 33.0 Å². The Morgan fingerprint density at radius 2 is 2.16 bits per heavy atom. The molecule has 0 aliphatic carbocycles. The fourth-order valence-corrected chi connectivity index (χ4v) is 3.78. The first-order chi connectivity index (χ1) is 12.3. The molecule has 1 aliphatic rings. The van der Waals surface area contributed by atoms with Crippen LogP contribution in [0, 0.1) is 0 Å². The first-order valence-electron chi connectivity index (χ1n) is 8.95. The summed E-state index contributed by atoms with van der Waals surface area (Å²) < 4.78 is 1.94. The molecule has 25 heavy (non-hydrogen) atoms. The van der Waals surface area contributed by atoms with Crippen molar-refractivity contribution < 1.29 is 4.79 Å². The lowest BCUT2D eigenvalue weighted by Crippen LogP contribution is -2.38. The summed E-state index contributed by atoms with van der Waals surface area (Å²) in [6.45, 7) is 4.45. The maximum absolute atomic E-state index is 12.8. The van der Waals surface area contributed by atoms with Gasteiger partial charge in [0.25, 0.3) is 0 Å². The zero-order chi connectivity index (χ0) is 17.2. The van der Waals surface area contributed by atoms with Gasteiger partial charge in [0, 0.05) is 35.8 Å². The lowest BCUT2D eigenvalue weighted by molar-refractivity contribution is 0.0896. The quantitative estimate of drug-likeness (QED) is 0.727. The summed E-state index contributed by atoms with van der Waals surface area (Å²) in [4.78, 5) is 22.4. The van der Waals surface area contributed by atoms with E-state index in [-0.39, 0.29) is 5.78 Å². The predicted octanol–water partition coefficient (Wildman–Crippen LogP) is 2.84. The number of likely N-dealkylation sites (tertiary alicyclic amines) is 1. The van der Waals surface area contributed by atoms with E-state index in [9.17, 15) is 4.79 Å². The number of aromatic amines is 1. The molecule has 4 rings (SSSR count). The van der Waals surface area contributed by atoms with E-state index in [1.54, 1.807) is 12.7 Å². The van der Waals surface area contributed by atoms with Gasteiger partial charge in [-0.1, -0.05) is 25.1 Å². The Balaban J connectivity index is 1.43. The van der Waals surface area contributed by atoms with Gasteiger partial charge in [0.15, 0.2) is 5.78 Å². The number of piperidine rings is 1. The fourth-order valence-electron chi connectivity index (χ4n) is 3.78. The second-order valence-corrected chi connectivity index (χ2v) is 6.70. The summed E-state index contributed by atoms with van der Waals surface area (Å²) in [6.07, 6.45) is 8.20. The van der Waals surface area contributed by atoms with Crippen LogP contribution in [0.3, 0.4) is 0 Å². The Morgan fingerprint density at radius 1 is 1.32 bits per heavy atom. The second kappa shape index (κ2) is 6.80. The Labute approximate surface area is 146 Å². The van der Waals surface area contributed by atoms with E-state index in [1.165, 1.54) is 5.56 Å². The first kappa shape index (κ1) is 16.0. The van der Waals surface area contributed by atoms with Gasteiger partial charge in [-0.3, -0.25) is 9.69 Å². The molecular weight excluding hydrogens is 314 g/mol. The summed E-state index contributed by atoms with van der Waals surface area (Å²) in [5, 5.41) is 5.28. The van der Waals surface area contributed by atoms with Crippen molar-refractivity contribution in [1.82, 2.24) is 24.6 Å². The predicted molar refractivity (Wildman–Crippen MR) is 96.7 cm³/mol. The molecule has 1 N–H and O–H groups in total. The monoisotopic (exact) mass is 337 g/mol. The van der Waals surface area contributed by atoms with Crippen LogP contribution in [-0.2, 0) is 6.42 Å². The van der Waals surface area contributed by atoms with E-state index in [1.807, 2.05) is 23.0 Å². The number of fused-ring (bicyclic) bond motifs is 1. The zero-order valence-corrected chi connectivity index (χ0v) is 14.5. The van der Waals surface area contributed by atoms with Crippen LogP contribution in [0.4, 0.5) is 0 Å². The molecule has 2 aromatic heterocycles. The highest BCUT2D eigenvalue weighted by molar-refractivity contribution is 6.09. The number of hydrogen-bond donors (Lipinski definition) is 1. The number of rotatable bonds is 5. The minimum atomic E-state index is 0.193. The smallest absolute Gasteiger partial charge is 0.178 e. The molecule has 130 valence electrons. The summed E-state index contributed by atoms with van der Waals surface area (Å²) >= 11 is 0. The Morgan fingerprint density at radius 3 is 2.88 bits per heavy atom. The lowest BCUT2D eigenvalue weighted by atomic mass is 10.0. The van der Waals surface area contributed by atoms with Crippen LogP contribution in [0.5, 0.6) is 0 Å². The Bertz CT molecular complexity index is 859. The molecule has 1 aliphatic heterocycles. The number of aryl methyl sites for hydroxylation is 1. The van der Waals surface area contributed by atoms with Crippen molar-refractivity contribution in [1.29, 1.82) is 0 Å². The largest absolute Gasteiger partial charge is 0.360 e. The molecule has 1 aromatic carbocycles. The van der Waals surface area contributed by atoms with Crippen molar-refractivity contribution in [2.45, 2.75) is 32.2 Å². The standard InChI is InChI=1S/C19H23N5O/c1-2-14-4-3-5-16-17(10-21-19(14)16)18(25)11-23-8-6-15(7-9-23)24-13-20-12-22-24/h3-5,10,12-13,15,21H,2,6-9,11H2,1H3. The van der Waals surface area contributed by atoms with Gasteiger partial charge in [-0.05, 0) is 24.8 Å². The van der Waals surface area contributed by atoms with Gasteiger partial charge in [0.05, 0.1) is 12.6 Å². The zero-order valence-electron chi connectivity index (χ0n) is 14.5. The number of nitrogens with zero attached hydrogens (tertiary/aromatic N) is 4. The van der Waals surface area contributed by atoms with Crippen molar-refractivity contribution >= 4 is 16.7 Å². The molecular formula is C19H23N5O. The first-order valence-corrected chi connectivity index (χ1v) is 8.95. The highest BCUT2D eigenvalue weighted by atomic mass is 16.1. The number of carbonyl (C=O) groups is 1. The highest BCUT2D eigenvalue weighted by Gasteiger charge is 2.23. The van der Waals surface area contributed by atoms with Gasteiger partial charge < -0.3 is 4.98 Å². The van der Waals surface area contributed by atoms with Crippen LogP contribution < -0.4 is 0 Å². The van der Waals surface area contributed by atoms with Gasteiger partial charge in [-0.15, -0.1) is 0 Å². The summed E-state index contributed by atoms with van der Waals surface area (Å²) in [5.74, 6) is 0.193. The third kappa shape index (κ3) is 3.09. The number of ketones is 1. The maximum Gasteiger partial charge on any atom is 0.178 e. The molecule has 3 aromatic rings. The van der Waals surface area contributed by atoms with Gasteiger partial charge in [-0.25, -0.2) is 9.67 Å². The third-order valence-corrected chi connectivity index (χ3v) is 5.22. The minimum absolute atomic E-state index is 0.193. The van der Waals surface area contributed by atoms with Crippen molar-refractivity contribution in [3.8, 4) is 0 Å². The number of nitrogens with one attached hydrogen (secondary N) is 1. The average molecular weight is 337 g/mol. The topological polar surface area (TPSA) is 66.8 Å². The molecule has 6 heteroatoms. The summed E-state index contributed by atoms with van der Waals surface area (Å²) in [5.41, 5.74) is 3.16. The molecule has 0 bridgehead atoms. The number of carbonyl (C=O) groups excluding carboxylic acids is 1. The van der Waals surface area contributed by atoms with Crippen LogP contribution in [0.25, 0.3) is 10.9 Å². The number of hydrogen-bond acceptors (Lipinski definition) is 4. The maximum atomic E-state index is 12.8. The second-order valence-electron chi connectivity index (χ2n) is 6.70. The van der Waals surface area contributed by atoms with Crippen LogP contribution >= 0.6 is 0 Å². The Hall–Kier alpha value is -2.47. The highest BCUT2D eigenvalue weighted by Crippen LogP contribution is 2.24. The number of para-hydroxylation sites is 1. The number of H-pyrrole nitrogens is 1. The van der Waals surface area contributed by atoms with Gasteiger partial charge in [0.2, 0.25) is 0 Å². The lowest BCUT2D eigenvalue weighted by Gasteiger charge is -2.31. The van der Waals surface area contributed by atoms with Crippen LogP contribution in [0.1, 0.15) is 41.7 Å². The van der Waals surface area contributed by atoms with E-state index >= 15 is 0 Å².